The van der Waals surface area contributed by atoms with Gasteiger partial charge in [0, 0.05) is 12.1 Å². The van der Waals surface area contributed by atoms with Crippen LogP contribution < -0.4 is 5.73 Å². The number of nitrogens with two attached hydrogens (primary N) is 1. The van der Waals surface area contributed by atoms with E-state index in [0.29, 0.717) is 0 Å². The number of rotatable bonds is 4. The molecule has 2 bridgehead atoms. The molecule has 13 heavy (non-hydrogen) atoms. The summed E-state index contributed by atoms with van der Waals surface area (Å²) in [4.78, 5) is 2.64. The Labute approximate surface area is 80.2 Å². The van der Waals surface area contributed by atoms with Crippen LogP contribution in [0.4, 0.5) is 0 Å². The molecule has 3 heteroatoms. The van der Waals surface area contributed by atoms with Gasteiger partial charge in [-0.15, -0.1) is 0 Å². The number of hydrogen-bond donors (Lipinski definition) is 1. The summed E-state index contributed by atoms with van der Waals surface area (Å²) in [5.41, 5.74) is 5.49. The van der Waals surface area contributed by atoms with E-state index in [0.717, 1.165) is 38.3 Å². The molecule has 0 radical (unpaired) electrons. The van der Waals surface area contributed by atoms with E-state index in [1.54, 1.807) is 0 Å². The molecule has 2 aliphatic heterocycles. The summed E-state index contributed by atoms with van der Waals surface area (Å²) in [6, 6.07) is 1.44. The van der Waals surface area contributed by atoms with Gasteiger partial charge in [0.2, 0.25) is 0 Å². The first-order valence-electron chi connectivity index (χ1n) is 5.45. The van der Waals surface area contributed by atoms with Gasteiger partial charge in [-0.05, 0) is 38.8 Å². The molecule has 0 aliphatic carbocycles. The van der Waals surface area contributed by atoms with Crippen molar-refractivity contribution in [3.8, 4) is 0 Å². The molecule has 3 nitrogen and oxygen atoms in total. The minimum absolute atomic E-state index is 0.719. The van der Waals surface area contributed by atoms with E-state index in [-0.39, 0.29) is 0 Å². The third kappa shape index (κ3) is 2.03. The van der Waals surface area contributed by atoms with Crippen molar-refractivity contribution < 1.29 is 4.74 Å². The van der Waals surface area contributed by atoms with Crippen molar-refractivity contribution in [2.75, 3.05) is 26.3 Å². The van der Waals surface area contributed by atoms with E-state index in [9.17, 15) is 0 Å². The van der Waals surface area contributed by atoms with Gasteiger partial charge in [0.15, 0.2) is 0 Å². The van der Waals surface area contributed by atoms with Crippen LogP contribution in [0.2, 0.25) is 0 Å². The first-order chi connectivity index (χ1) is 6.42. The topological polar surface area (TPSA) is 38.5 Å². The van der Waals surface area contributed by atoms with Gasteiger partial charge in [0.1, 0.15) is 0 Å². The Kier molecular flexibility index (Phi) is 3.19. The largest absolute Gasteiger partial charge is 0.378 e. The van der Waals surface area contributed by atoms with Crippen molar-refractivity contribution in [1.82, 2.24) is 4.90 Å². The number of hydrogen-bond acceptors (Lipinski definition) is 3. The molecule has 2 atom stereocenters. The molecule has 2 fully saturated rings. The fourth-order valence-corrected chi connectivity index (χ4v) is 2.52. The Morgan fingerprint density at radius 1 is 1.15 bits per heavy atom. The Morgan fingerprint density at radius 3 is 2.46 bits per heavy atom. The summed E-state index contributed by atoms with van der Waals surface area (Å²) in [7, 11) is 0. The molecule has 0 aromatic heterocycles. The van der Waals surface area contributed by atoms with Gasteiger partial charge in [-0.2, -0.15) is 0 Å². The van der Waals surface area contributed by atoms with Gasteiger partial charge >= 0.3 is 0 Å². The standard InChI is InChI=1S/C10H20N2O/c11-5-1-2-6-12-9-3-4-10(12)8-13-7-9/h9-10H,1-8,11H2. The van der Waals surface area contributed by atoms with Crippen molar-refractivity contribution in [3.63, 3.8) is 0 Å². The summed E-state index contributed by atoms with van der Waals surface area (Å²) >= 11 is 0. The second kappa shape index (κ2) is 4.40. The lowest BCUT2D eigenvalue weighted by Gasteiger charge is -2.34. The zero-order chi connectivity index (χ0) is 9.10. The normalized spacial score (nSPS) is 33.9. The molecule has 2 rings (SSSR count). The highest BCUT2D eigenvalue weighted by Crippen LogP contribution is 2.28. The van der Waals surface area contributed by atoms with Gasteiger partial charge in [0.25, 0.3) is 0 Å². The van der Waals surface area contributed by atoms with Crippen LogP contribution in [-0.4, -0.2) is 43.3 Å². The second-order valence-electron chi connectivity index (χ2n) is 4.16. The first kappa shape index (κ1) is 9.44. The summed E-state index contributed by atoms with van der Waals surface area (Å²) in [5, 5.41) is 0. The Hall–Kier alpha value is -0.120. The summed E-state index contributed by atoms with van der Waals surface area (Å²) in [6.45, 7) is 3.98. The molecule has 0 amide bonds. The fourth-order valence-electron chi connectivity index (χ4n) is 2.52. The zero-order valence-electron chi connectivity index (χ0n) is 8.24. The first-order valence-corrected chi connectivity index (χ1v) is 5.45. The minimum Gasteiger partial charge on any atom is -0.378 e. The maximum atomic E-state index is 5.53. The summed E-state index contributed by atoms with van der Waals surface area (Å²) in [5.74, 6) is 0. The van der Waals surface area contributed by atoms with Gasteiger partial charge in [-0.3, -0.25) is 4.90 Å². The lowest BCUT2D eigenvalue weighted by molar-refractivity contribution is -0.0149. The molecule has 2 saturated heterocycles. The van der Waals surface area contributed by atoms with Crippen LogP contribution in [0.15, 0.2) is 0 Å². The molecule has 2 heterocycles. The minimum atomic E-state index is 0.719. The smallest absolute Gasteiger partial charge is 0.0622 e. The molecule has 0 saturated carbocycles. The Bertz CT molecular complexity index is 147. The van der Waals surface area contributed by atoms with Crippen LogP contribution >= 0.6 is 0 Å². The molecular formula is C10H20N2O. The van der Waals surface area contributed by atoms with Crippen LogP contribution in [0.1, 0.15) is 25.7 Å². The molecule has 2 unspecified atom stereocenters. The Balaban J connectivity index is 1.78. The highest BCUT2D eigenvalue weighted by molar-refractivity contribution is 4.90. The molecular weight excluding hydrogens is 164 g/mol. The van der Waals surface area contributed by atoms with Crippen molar-refractivity contribution in [1.29, 1.82) is 0 Å². The van der Waals surface area contributed by atoms with E-state index in [4.69, 9.17) is 10.5 Å². The molecule has 2 N–H and O–H groups in total. The monoisotopic (exact) mass is 184 g/mol. The zero-order valence-corrected chi connectivity index (χ0v) is 8.24. The summed E-state index contributed by atoms with van der Waals surface area (Å²) < 4.78 is 5.53. The van der Waals surface area contributed by atoms with Crippen LogP contribution in [0.5, 0.6) is 0 Å². The fraction of sp³-hybridized carbons (Fsp3) is 1.00. The maximum absolute atomic E-state index is 5.53. The van der Waals surface area contributed by atoms with E-state index in [2.05, 4.69) is 4.90 Å². The van der Waals surface area contributed by atoms with E-state index in [1.807, 2.05) is 0 Å². The number of fused-ring (bicyclic) bond motifs is 2. The lowest BCUT2D eigenvalue weighted by atomic mass is 10.2. The third-order valence-corrected chi connectivity index (χ3v) is 3.26. The lowest BCUT2D eigenvalue weighted by Crippen LogP contribution is -2.46. The van der Waals surface area contributed by atoms with E-state index < -0.39 is 0 Å². The van der Waals surface area contributed by atoms with Gasteiger partial charge in [-0.1, -0.05) is 0 Å². The maximum Gasteiger partial charge on any atom is 0.0622 e. The van der Waals surface area contributed by atoms with Crippen molar-refractivity contribution in [3.05, 3.63) is 0 Å². The van der Waals surface area contributed by atoms with Crippen LogP contribution in [0.3, 0.4) is 0 Å². The van der Waals surface area contributed by atoms with Gasteiger partial charge in [-0.25, -0.2) is 0 Å². The van der Waals surface area contributed by atoms with Crippen LogP contribution in [0, 0.1) is 0 Å². The highest BCUT2D eigenvalue weighted by Gasteiger charge is 2.36. The Morgan fingerprint density at radius 2 is 1.85 bits per heavy atom. The SMILES string of the molecule is NCCCCN1C2CCC1COC2. The van der Waals surface area contributed by atoms with Crippen molar-refractivity contribution in [2.45, 2.75) is 37.8 Å². The average Bonchev–Trinajstić information content (AvgIpc) is 2.38. The predicted molar refractivity (Wildman–Crippen MR) is 52.6 cm³/mol. The van der Waals surface area contributed by atoms with Gasteiger partial charge in [0.05, 0.1) is 13.2 Å². The quantitative estimate of drug-likeness (QED) is 0.650. The molecule has 2 aliphatic rings. The van der Waals surface area contributed by atoms with Crippen LogP contribution in [-0.2, 0) is 4.74 Å². The highest BCUT2D eigenvalue weighted by atomic mass is 16.5. The third-order valence-electron chi connectivity index (χ3n) is 3.26. The number of ether oxygens (including phenoxy) is 1. The van der Waals surface area contributed by atoms with E-state index >= 15 is 0 Å². The van der Waals surface area contributed by atoms with E-state index in [1.165, 1.54) is 25.8 Å². The number of morpholine rings is 1. The van der Waals surface area contributed by atoms with Gasteiger partial charge < -0.3 is 10.5 Å². The number of unbranched alkanes of at least 4 members (excludes halogenated alkanes) is 1. The van der Waals surface area contributed by atoms with Crippen LogP contribution in [0.25, 0.3) is 0 Å². The average molecular weight is 184 g/mol. The molecule has 0 spiro atoms. The van der Waals surface area contributed by atoms with Crippen molar-refractivity contribution in [2.24, 2.45) is 5.73 Å². The summed E-state index contributed by atoms with van der Waals surface area (Å²) in [6.07, 6.45) is 5.10. The second-order valence-corrected chi connectivity index (χ2v) is 4.16. The number of nitrogens with zero attached hydrogens (tertiary/aromatic N) is 1. The molecule has 0 aromatic rings. The van der Waals surface area contributed by atoms with Crippen molar-refractivity contribution >= 4 is 0 Å². The molecule has 0 aromatic carbocycles. The molecule has 76 valence electrons. The predicted octanol–water partition coefficient (Wildman–Crippen LogP) is 0.589.